The molecule has 1 spiro atoms. The summed E-state index contributed by atoms with van der Waals surface area (Å²) < 4.78 is 11.5. The van der Waals surface area contributed by atoms with Crippen molar-refractivity contribution in [3.63, 3.8) is 0 Å². The number of carbonyl (C=O) groups excluding carboxylic acids is 3. The molecule has 2 fully saturated rings. The normalized spacial score (nSPS) is 23.8. The second kappa shape index (κ2) is 16.1. The minimum atomic E-state index is -0.678. The van der Waals surface area contributed by atoms with Crippen LogP contribution in [0.25, 0.3) is 0 Å². The first-order valence-corrected chi connectivity index (χ1v) is 17.1. The van der Waals surface area contributed by atoms with Gasteiger partial charge in [0.05, 0.1) is 12.0 Å². The fourth-order valence-electron chi connectivity index (χ4n) is 6.98. The van der Waals surface area contributed by atoms with E-state index in [2.05, 4.69) is 33.0 Å². The minimum absolute atomic E-state index is 0.0588. The number of piperidine rings is 1. The molecule has 3 atom stereocenters. The first-order chi connectivity index (χ1) is 23.5. The molecule has 6 rings (SSSR count). The van der Waals surface area contributed by atoms with Crippen molar-refractivity contribution in [2.45, 2.75) is 57.2 Å². The zero-order valence-electron chi connectivity index (χ0n) is 27.4. The number of nitrogens with one attached hydrogen (secondary N) is 3. The standard InChI is InChI=1S/C39H46N4O5/c44-36(40-32-14-16-33(17-15-32)48-28-30-11-5-2-6-12-30)27-43-22-18-34-31(26-43)13-7-8-19-39(20-23-47-24-21-39)38(46)42-35(37(45)41-34)25-29-9-3-1-4-10-29/h1-12,14-17,31,34-35H,13,18-28H2,(H,40,44)(H,41,45)(H,42,46)/b8-7+/t31-,34+,35+/m1/s1. The molecule has 3 heterocycles. The van der Waals surface area contributed by atoms with E-state index in [1.807, 2.05) is 84.9 Å². The maximum Gasteiger partial charge on any atom is 0.243 e. The van der Waals surface area contributed by atoms with E-state index in [1.54, 1.807) is 0 Å². The number of hydrogen-bond acceptors (Lipinski definition) is 6. The van der Waals surface area contributed by atoms with E-state index in [4.69, 9.17) is 9.47 Å². The van der Waals surface area contributed by atoms with Crippen LogP contribution in [0.1, 0.15) is 43.2 Å². The number of hydrogen-bond donors (Lipinski definition) is 3. The number of benzene rings is 3. The van der Waals surface area contributed by atoms with E-state index < -0.39 is 11.5 Å². The molecule has 2 saturated heterocycles. The quantitative estimate of drug-likeness (QED) is 0.300. The van der Waals surface area contributed by atoms with Crippen molar-refractivity contribution in [1.29, 1.82) is 0 Å². The van der Waals surface area contributed by atoms with Crippen LogP contribution in [0.3, 0.4) is 0 Å². The Morgan fingerprint density at radius 3 is 2.33 bits per heavy atom. The highest BCUT2D eigenvalue weighted by molar-refractivity contribution is 5.92. The maximum absolute atomic E-state index is 13.9. The van der Waals surface area contributed by atoms with Crippen LogP contribution in [0.5, 0.6) is 5.75 Å². The molecule has 0 aromatic heterocycles. The average molecular weight is 651 g/mol. The fraction of sp³-hybridized carbons (Fsp3) is 0.410. The van der Waals surface area contributed by atoms with Gasteiger partial charge in [-0.2, -0.15) is 0 Å². The second-order valence-corrected chi connectivity index (χ2v) is 13.3. The predicted molar refractivity (Wildman–Crippen MR) is 185 cm³/mol. The Labute approximate surface area is 283 Å². The highest BCUT2D eigenvalue weighted by Gasteiger charge is 2.41. The van der Waals surface area contributed by atoms with Crippen molar-refractivity contribution < 1.29 is 23.9 Å². The molecule has 0 bridgehead atoms. The van der Waals surface area contributed by atoms with Gasteiger partial charge in [0.2, 0.25) is 17.7 Å². The molecule has 9 nitrogen and oxygen atoms in total. The van der Waals surface area contributed by atoms with Gasteiger partial charge in [0.1, 0.15) is 18.4 Å². The molecule has 3 N–H and O–H groups in total. The molecule has 3 amide bonds. The van der Waals surface area contributed by atoms with Gasteiger partial charge in [-0.25, -0.2) is 0 Å². The number of rotatable bonds is 8. The van der Waals surface area contributed by atoms with Gasteiger partial charge >= 0.3 is 0 Å². The predicted octanol–water partition coefficient (Wildman–Crippen LogP) is 4.89. The lowest BCUT2D eigenvalue weighted by Gasteiger charge is -2.40. The maximum atomic E-state index is 13.9. The van der Waals surface area contributed by atoms with E-state index in [0.717, 1.165) is 35.4 Å². The Kier molecular flexibility index (Phi) is 11.2. The Balaban J connectivity index is 1.08. The SMILES string of the molecule is O=C(CN1CC[C@@H]2NC(=O)[C@H](Cc3ccccc3)NC(=O)C3(C/C=C/C[C@@H]2C1)CCOCC3)Nc1ccc(OCc2ccccc2)cc1. The summed E-state index contributed by atoms with van der Waals surface area (Å²) >= 11 is 0. The van der Waals surface area contributed by atoms with E-state index >= 15 is 0 Å². The average Bonchev–Trinajstić information content (AvgIpc) is 3.11. The molecule has 3 aliphatic heterocycles. The largest absolute Gasteiger partial charge is 0.489 e. The summed E-state index contributed by atoms with van der Waals surface area (Å²) in [6.07, 6.45) is 8.05. The molecule has 252 valence electrons. The van der Waals surface area contributed by atoms with E-state index in [1.165, 1.54) is 0 Å². The van der Waals surface area contributed by atoms with E-state index in [-0.39, 0.29) is 36.2 Å². The first kappa shape index (κ1) is 33.4. The van der Waals surface area contributed by atoms with Gasteiger partial charge in [0.15, 0.2) is 0 Å². The topological polar surface area (TPSA) is 109 Å². The lowest BCUT2D eigenvalue weighted by molar-refractivity contribution is -0.140. The highest BCUT2D eigenvalue weighted by Crippen LogP contribution is 2.36. The number of anilines is 1. The van der Waals surface area contributed by atoms with Crippen LogP contribution in [0.2, 0.25) is 0 Å². The molecule has 0 aliphatic carbocycles. The molecule has 48 heavy (non-hydrogen) atoms. The fourth-order valence-corrected chi connectivity index (χ4v) is 6.98. The summed E-state index contributed by atoms with van der Waals surface area (Å²) in [6.45, 7) is 3.18. The Hall–Kier alpha value is -4.47. The van der Waals surface area contributed by atoms with Gasteiger partial charge in [-0.3, -0.25) is 19.3 Å². The van der Waals surface area contributed by atoms with Crippen LogP contribution in [-0.4, -0.2) is 67.6 Å². The molecule has 3 aromatic rings. The Morgan fingerprint density at radius 1 is 0.896 bits per heavy atom. The van der Waals surface area contributed by atoms with Crippen molar-refractivity contribution in [2.75, 3.05) is 38.2 Å². The van der Waals surface area contributed by atoms with Crippen LogP contribution in [0.15, 0.2) is 97.1 Å². The number of amides is 3. The molecule has 0 saturated carbocycles. The summed E-state index contributed by atoms with van der Waals surface area (Å²) in [6, 6.07) is 26.5. The summed E-state index contributed by atoms with van der Waals surface area (Å²) in [7, 11) is 0. The molecular weight excluding hydrogens is 604 g/mol. The number of likely N-dealkylation sites (tertiary alicyclic amines) is 1. The molecule has 0 unspecified atom stereocenters. The van der Waals surface area contributed by atoms with Crippen LogP contribution < -0.4 is 20.7 Å². The van der Waals surface area contributed by atoms with Gasteiger partial charge in [0, 0.05) is 44.5 Å². The lowest BCUT2D eigenvalue weighted by atomic mass is 9.75. The van der Waals surface area contributed by atoms with Crippen molar-refractivity contribution in [2.24, 2.45) is 11.3 Å². The Bertz CT molecular complexity index is 1540. The first-order valence-electron chi connectivity index (χ1n) is 17.1. The number of nitrogens with zero attached hydrogens (tertiary/aromatic N) is 1. The second-order valence-electron chi connectivity index (χ2n) is 13.3. The summed E-state index contributed by atoms with van der Waals surface area (Å²) in [4.78, 5) is 42.9. The van der Waals surface area contributed by atoms with Crippen LogP contribution in [-0.2, 0) is 32.1 Å². The third-order valence-corrected chi connectivity index (χ3v) is 9.85. The van der Waals surface area contributed by atoms with Crippen molar-refractivity contribution >= 4 is 23.4 Å². The molecular formula is C39H46N4O5. The van der Waals surface area contributed by atoms with Crippen LogP contribution in [0.4, 0.5) is 5.69 Å². The number of fused-ring (bicyclic) bond motifs is 1. The zero-order chi connectivity index (χ0) is 33.2. The Morgan fingerprint density at radius 2 is 1.60 bits per heavy atom. The molecule has 9 heteroatoms. The zero-order valence-corrected chi connectivity index (χ0v) is 27.4. The van der Waals surface area contributed by atoms with Gasteiger partial charge in [0.25, 0.3) is 0 Å². The summed E-state index contributed by atoms with van der Waals surface area (Å²) in [5, 5.41) is 9.48. The number of ether oxygens (including phenoxy) is 2. The van der Waals surface area contributed by atoms with Crippen molar-refractivity contribution in [3.8, 4) is 5.75 Å². The van der Waals surface area contributed by atoms with Crippen LogP contribution in [0, 0.1) is 11.3 Å². The summed E-state index contributed by atoms with van der Waals surface area (Å²) in [5.41, 5.74) is 2.22. The lowest BCUT2D eigenvalue weighted by Crippen LogP contribution is -2.58. The molecule has 3 aliphatic rings. The molecule has 3 aromatic carbocycles. The van der Waals surface area contributed by atoms with Gasteiger partial charge in [-0.1, -0.05) is 72.8 Å². The number of carbonyl (C=O) groups is 3. The monoisotopic (exact) mass is 650 g/mol. The van der Waals surface area contributed by atoms with Gasteiger partial charge < -0.3 is 25.4 Å². The van der Waals surface area contributed by atoms with Crippen LogP contribution >= 0.6 is 0 Å². The molecule has 0 radical (unpaired) electrons. The number of allylic oxidation sites excluding steroid dienone is 2. The van der Waals surface area contributed by atoms with Crippen molar-refractivity contribution in [1.82, 2.24) is 15.5 Å². The highest BCUT2D eigenvalue weighted by atomic mass is 16.5. The van der Waals surface area contributed by atoms with Gasteiger partial charge in [-0.15, -0.1) is 0 Å². The van der Waals surface area contributed by atoms with Gasteiger partial charge in [-0.05, 0) is 73.4 Å². The summed E-state index contributed by atoms with van der Waals surface area (Å²) in [5.74, 6) is 0.567. The van der Waals surface area contributed by atoms with Crippen molar-refractivity contribution in [3.05, 3.63) is 108 Å². The van der Waals surface area contributed by atoms with E-state index in [9.17, 15) is 14.4 Å². The third-order valence-electron chi connectivity index (χ3n) is 9.85. The van der Waals surface area contributed by atoms with E-state index in [0.29, 0.717) is 58.6 Å². The minimum Gasteiger partial charge on any atom is -0.489 e. The third kappa shape index (κ3) is 8.90. The smallest absolute Gasteiger partial charge is 0.243 e.